The van der Waals surface area contributed by atoms with E-state index in [9.17, 15) is 4.79 Å². The molecule has 2 heteroatoms. The fourth-order valence-electron chi connectivity index (χ4n) is 2.56. The summed E-state index contributed by atoms with van der Waals surface area (Å²) in [7, 11) is 1.42. The van der Waals surface area contributed by atoms with Crippen molar-refractivity contribution in [3.8, 4) is 0 Å². The van der Waals surface area contributed by atoms with E-state index < -0.39 is 0 Å². The first-order valence-electron chi connectivity index (χ1n) is 6.57. The standard InChI is InChI=1S/C17H24O2/c1-9-10(2)12(4)16(13(5)11(9)3)14(6)15(7)17(18)19-8/h1-8H3. The third kappa shape index (κ3) is 2.58. The first kappa shape index (κ1) is 15.5. The molecular formula is C17H24O2. The molecule has 19 heavy (non-hydrogen) atoms. The topological polar surface area (TPSA) is 26.3 Å². The number of benzene rings is 1. The van der Waals surface area contributed by atoms with Crippen molar-refractivity contribution in [3.63, 3.8) is 0 Å². The Hall–Kier alpha value is -1.57. The average Bonchev–Trinajstić information content (AvgIpc) is 2.41. The molecule has 0 aliphatic heterocycles. The fourth-order valence-corrected chi connectivity index (χ4v) is 2.56. The first-order valence-corrected chi connectivity index (χ1v) is 6.57. The molecule has 0 spiro atoms. The van der Waals surface area contributed by atoms with Gasteiger partial charge in [0.1, 0.15) is 0 Å². The van der Waals surface area contributed by atoms with Gasteiger partial charge >= 0.3 is 5.97 Å². The molecule has 0 bridgehead atoms. The Bertz CT molecular complexity index is 534. The van der Waals surface area contributed by atoms with E-state index in [2.05, 4.69) is 34.6 Å². The zero-order chi connectivity index (χ0) is 14.9. The van der Waals surface area contributed by atoms with Crippen molar-refractivity contribution in [2.24, 2.45) is 0 Å². The highest BCUT2D eigenvalue weighted by atomic mass is 16.5. The molecule has 0 saturated heterocycles. The summed E-state index contributed by atoms with van der Waals surface area (Å²) in [5.74, 6) is -0.257. The van der Waals surface area contributed by atoms with Gasteiger partial charge in [-0.3, -0.25) is 0 Å². The Morgan fingerprint density at radius 1 is 0.789 bits per heavy atom. The second-order valence-corrected chi connectivity index (χ2v) is 5.24. The molecular weight excluding hydrogens is 236 g/mol. The van der Waals surface area contributed by atoms with Crippen molar-refractivity contribution >= 4 is 11.5 Å². The molecule has 1 aromatic rings. The number of ether oxygens (including phenoxy) is 1. The molecule has 1 aromatic carbocycles. The number of rotatable bonds is 2. The minimum absolute atomic E-state index is 0.257. The number of allylic oxidation sites excluding steroid dienone is 1. The smallest absolute Gasteiger partial charge is 0.333 e. The van der Waals surface area contributed by atoms with Crippen LogP contribution in [-0.2, 0) is 9.53 Å². The Morgan fingerprint density at radius 2 is 1.16 bits per heavy atom. The monoisotopic (exact) mass is 260 g/mol. The van der Waals surface area contributed by atoms with Crippen LogP contribution in [0.4, 0.5) is 0 Å². The van der Waals surface area contributed by atoms with Gasteiger partial charge < -0.3 is 4.74 Å². The largest absolute Gasteiger partial charge is 0.466 e. The normalized spacial score (nSPS) is 12.2. The van der Waals surface area contributed by atoms with Crippen LogP contribution in [0.5, 0.6) is 0 Å². The summed E-state index contributed by atoms with van der Waals surface area (Å²) in [5.41, 5.74) is 9.31. The molecule has 0 N–H and O–H groups in total. The van der Waals surface area contributed by atoms with Crippen molar-refractivity contribution < 1.29 is 9.53 Å². The zero-order valence-corrected chi connectivity index (χ0v) is 13.3. The van der Waals surface area contributed by atoms with Gasteiger partial charge in [0.15, 0.2) is 0 Å². The van der Waals surface area contributed by atoms with Crippen molar-refractivity contribution in [2.45, 2.75) is 48.5 Å². The maximum Gasteiger partial charge on any atom is 0.333 e. The number of carbonyl (C=O) groups excluding carboxylic acids is 1. The van der Waals surface area contributed by atoms with E-state index >= 15 is 0 Å². The average molecular weight is 260 g/mol. The van der Waals surface area contributed by atoms with Crippen LogP contribution in [0, 0.1) is 34.6 Å². The van der Waals surface area contributed by atoms with Crippen LogP contribution in [0.1, 0.15) is 47.2 Å². The summed E-state index contributed by atoms with van der Waals surface area (Å²) < 4.78 is 4.82. The van der Waals surface area contributed by atoms with Gasteiger partial charge in [0.05, 0.1) is 7.11 Å². The number of esters is 1. The molecule has 0 radical (unpaired) electrons. The Balaban J connectivity index is 3.66. The predicted molar refractivity (Wildman–Crippen MR) is 80.4 cm³/mol. The van der Waals surface area contributed by atoms with E-state index in [4.69, 9.17) is 4.74 Å². The molecule has 1 rings (SSSR count). The molecule has 0 aliphatic carbocycles. The summed E-state index contributed by atoms with van der Waals surface area (Å²) in [6, 6.07) is 0. The molecule has 0 unspecified atom stereocenters. The van der Waals surface area contributed by atoms with E-state index in [1.165, 1.54) is 40.5 Å². The molecule has 0 aliphatic rings. The van der Waals surface area contributed by atoms with E-state index in [1.807, 2.05) is 13.8 Å². The Morgan fingerprint density at radius 3 is 1.53 bits per heavy atom. The third-order valence-electron chi connectivity index (χ3n) is 4.43. The van der Waals surface area contributed by atoms with Gasteiger partial charge in [-0.25, -0.2) is 4.79 Å². The van der Waals surface area contributed by atoms with Gasteiger partial charge in [0.2, 0.25) is 0 Å². The predicted octanol–water partition coefficient (Wildman–Crippen LogP) is 4.20. The molecule has 0 atom stereocenters. The van der Waals surface area contributed by atoms with Crippen LogP contribution in [-0.4, -0.2) is 13.1 Å². The van der Waals surface area contributed by atoms with E-state index in [0.717, 1.165) is 5.57 Å². The molecule has 0 heterocycles. The van der Waals surface area contributed by atoms with Crippen LogP contribution < -0.4 is 0 Å². The lowest BCUT2D eigenvalue weighted by Gasteiger charge is -2.20. The minimum Gasteiger partial charge on any atom is -0.466 e. The van der Waals surface area contributed by atoms with Gasteiger partial charge in [0, 0.05) is 5.57 Å². The minimum atomic E-state index is -0.257. The van der Waals surface area contributed by atoms with Gasteiger partial charge in [-0.15, -0.1) is 0 Å². The molecule has 0 fully saturated rings. The second-order valence-electron chi connectivity index (χ2n) is 5.24. The van der Waals surface area contributed by atoms with E-state index in [-0.39, 0.29) is 5.97 Å². The van der Waals surface area contributed by atoms with Crippen molar-refractivity contribution in [3.05, 3.63) is 39.0 Å². The zero-order valence-electron chi connectivity index (χ0n) is 13.3. The second kappa shape index (κ2) is 5.60. The van der Waals surface area contributed by atoms with Crippen LogP contribution in [0.3, 0.4) is 0 Å². The summed E-state index contributed by atoms with van der Waals surface area (Å²) >= 11 is 0. The van der Waals surface area contributed by atoms with Crippen LogP contribution in [0.15, 0.2) is 5.57 Å². The van der Waals surface area contributed by atoms with E-state index in [0.29, 0.717) is 5.57 Å². The molecule has 0 saturated carbocycles. The number of hydrogen-bond donors (Lipinski definition) is 0. The third-order valence-corrected chi connectivity index (χ3v) is 4.43. The number of carbonyl (C=O) groups is 1. The summed E-state index contributed by atoms with van der Waals surface area (Å²) in [5, 5.41) is 0. The highest BCUT2D eigenvalue weighted by Crippen LogP contribution is 2.32. The van der Waals surface area contributed by atoms with Crippen molar-refractivity contribution in [1.82, 2.24) is 0 Å². The maximum absolute atomic E-state index is 11.7. The SMILES string of the molecule is COC(=O)C(C)=C(C)c1c(C)c(C)c(C)c(C)c1C. The lowest BCUT2D eigenvalue weighted by molar-refractivity contribution is -0.135. The molecule has 0 amide bonds. The number of hydrogen-bond acceptors (Lipinski definition) is 2. The van der Waals surface area contributed by atoms with Gasteiger partial charge in [-0.05, 0) is 87.4 Å². The fraction of sp³-hybridized carbons (Fsp3) is 0.471. The lowest BCUT2D eigenvalue weighted by atomic mass is 9.85. The lowest BCUT2D eigenvalue weighted by Crippen LogP contribution is -2.07. The molecule has 0 aromatic heterocycles. The van der Waals surface area contributed by atoms with Crippen molar-refractivity contribution in [2.75, 3.05) is 7.11 Å². The summed E-state index contributed by atoms with van der Waals surface area (Å²) in [6.07, 6.45) is 0. The number of methoxy groups -OCH3 is 1. The highest BCUT2D eigenvalue weighted by molar-refractivity contribution is 5.97. The molecule has 104 valence electrons. The van der Waals surface area contributed by atoms with Crippen LogP contribution in [0.2, 0.25) is 0 Å². The van der Waals surface area contributed by atoms with Gasteiger partial charge in [-0.1, -0.05) is 0 Å². The first-order chi connectivity index (χ1) is 8.73. The van der Waals surface area contributed by atoms with E-state index in [1.54, 1.807) is 0 Å². The Labute approximate surface area is 116 Å². The summed E-state index contributed by atoms with van der Waals surface area (Å²) in [6.45, 7) is 14.5. The maximum atomic E-state index is 11.7. The quantitative estimate of drug-likeness (QED) is 0.588. The Kier molecular flexibility index (Phi) is 4.56. The van der Waals surface area contributed by atoms with Crippen molar-refractivity contribution in [1.29, 1.82) is 0 Å². The van der Waals surface area contributed by atoms with Gasteiger partial charge in [-0.2, -0.15) is 0 Å². The highest BCUT2D eigenvalue weighted by Gasteiger charge is 2.17. The summed E-state index contributed by atoms with van der Waals surface area (Å²) in [4.78, 5) is 11.7. The van der Waals surface area contributed by atoms with Crippen LogP contribution >= 0.6 is 0 Å². The van der Waals surface area contributed by atoms with Gasteiger partial charge in [0.25, 0.3) is 0 Å². The van der Waals surface area contributed by atoms with Crippen LogP contribution in [0.25, 0.3) is 5.57 Å². The molecule has 2 nitrogen and oxygen atoms in total.